The molecule has 74 valence electrons. The SMILES string of the molecule is CNC(=O)C(CCCC=O)NC=O. The Morgan fingerprint density at radius 1 is 1.46 bits per heavy atom. The van der Waals surface area contributed by atoms with Crippen LogP contribution in [0.15, 0.2) is 0 Å². The average molecular weight is 186 g/mol. The highest BCUT2D eigenvalue weighted by Crippen LogP contribution is 1.98. The standard InChI is InChI=1S/C8H14N2O3/c1-9-8(13)7(10-6-12)4-2-3-5-11/h5-7H,2-4H2,1H3,(H,9,13)(H,10,12). The quantitative estimate of drug-likeness (QED) is 0.404. The van der Waals surface area contributed by atoms with Crippen molar-refractivity contribution in [2.75, 3.05) is 7.05 Å². The summed E-state index contributed by atoms with van der Waals surface area (Å²) in [6.45, 7) is 0. The third kappa shape index (κ3) is 4.95. The number of rotatable bonds is 7. The van der Waals surface area contributed by atoms with Gasteiger partial charge in [-0.25, -0.2) is 0 Å². The fraction of sp³-hybridized carbons (Fsp3) is 0.625. The molecule has 1 atom stereocenters. The molecule has 0 aromatic carbocycles. The molecule has 0 aliphatic heterocycles. The maximum absolute atomic E-state index is 11.1. The number of likely N-dealkylation sites (N-methyl/N-ethyl adjacent to an activating group) is 1. The molecule has 0 rings (SSSR count). The Balaban J connectivity index is 3.85. The normalized spacial score (nSPS) is 11.5. The molecule has 0 heterocycles. The van der Waals surface area contributed by atoms with Crippen LogP contribution in [0.4, 0.5) is 0 Å². The second-order valence-electron chi connectivity index (χ2n) is 2.55. The van der Waals surface area contributed by atoms with E-state index in [1.54, 1.807) is 0 Å². The predicted octanol–water partition coefficient (Wildman–Crippen LogP) is -0.784. The van der Waals surface area contributed by atoms with E-state index in [-0.39, 0.29) is 5.91 Å². The topological polar surface area (TPSA) is 75.3 Å². The molecule has 0 bridgehead atoms. The highest BCUT2D eigenvalue weighted by atomic mass is 16.2. The number of nitrogens with one attached hydrogen (secondary N) is 2. The van der Waals surface area contributed by atoms with E-state index >= 15 is 0 Å². The molecule has 13 heavy (non-hydrogen) atoms. The van der Waals surface area contributed by atoms with Gasteiger partial charge in [0.15, 0.2) is 0 Å². The van der Waals surface area contributed by atoms with Gasteiger partial charge in [0.1, 0.15) is 12.3 Å². The van der Waals surface area contributed by atoms with E-state index < -0.39 is 6.04 Å². The lowest BCUT2D eigenvalue weighted by Gasteiger charge is -2.12. The molecule has 0 spiro atoms. The lowest BCUT2D eigenvalue weighted by atomic mass is 10.1. The Kier molecular flexibility index (Phi) is 6.49. The second kappa shape index (κ2) is 7.27. The van der Waals surface area contributed by atoms with Crippen molar-refractivity contribution in [2.45, 2.75) is 25.3 Å². The van der Waals surface area contributed by atoms with Crippen LogP contribution in [0.3, 0.4) is 0 Å². The molecular formula is C8H14N2O3. The number of unbranched alkanes of at least 4 members (excludes halogenated alkanes) is 1. The van der Waals surface area contributed by atoms with Gasteiger partial charge in [-0.05, 0) is 12.8 Å². The summed E-state index contributed by atoms with van der Waals surface area (Å²) in [5.74, 6) is -0.238. The highest BCUT2D eigenvalue weighted by Gasteiger charge is 2.14. The smallest absolute Gasteiger partial charge is 0.242 e. The van der Waals surface area contributed by atoms with Crippen LogP contribution in [-0.2, 0) is 14.4 Å². The summed E-state index contributed by atoms with van der Waals surface area (Å²) < 4.78 is 0. The fourth-order valence-electron chi connectivity index (χ4n) is 0.952. The summed E-state index contributed by atoms with van der Waals surface area (Å²) in [6, 6.07) is -0.526. The van der Waals surface area contributed by atoms with Gasteiger partial charge in [-0.1, -0.05) is 0 Å². The van der Waals surface area contributed by atoms with Crippen molar-refractivity contribution in [3.8, 4) is 0 Å². The van der Waals surface area contributed by atoms with Gasteiger partial charge in [0.25, 0.3) is 0 Å². The molecule has 5 heteroatoms. The van der Waals surface area contributed by atoms with Gasteiger partial charge in [0.2, 0.25) is 12.3 Å². The minimum Gasteiger partial charge on any atom is -0.357 e. The zero-order chi connectivity index (χ0) is 10.1. The van der Waals surface area contributed by atoms with Gasteiger partial charge in [-0.3, -0.25) is 9.59 Å². The molecule has 2 N–H and O–H groups in total. The van der Waals surface area contributed by atoms with Gasteiger partial charge < -0.3 is 15.4 Å². The molecule has 0 aromatic rings. The van der Waals surface area contributed by atoms with Crippen LogP contribution in [0, 0.1) is 0 Å². The van der Waals surface area contributed by atoms with Crippen LogP contribution in [0.5, 0.6) is 0 Å². The first-order valence-electron chi connectivity index (χ1n) is 4.11. The molecule has 2 amide bonds. The molecule has 5 nitrogen and oxygen atoms in total. The Labute approximate surface area is 76.9 Å². The maximum atomic E-state index is 11.1. The van der Waals surface area contributed by atoms with Crippen molar-refractivity contribution in [2.24, 2.45) is 0 Å². The van der Waals surface area contributed by atoms with E-state index in [9.17, 15) is 14.4 Å². The zero-order valence-corrected chi connectivity index (χ0v) is 7.58. The molecule has 0 aromatic heterocycles. The molecule has 0 saturated carbocycles. The van der Waals surface area contributed by atoms with Crippen LogP contribution in [-0.4, -0.2) is 31.7 Å². The van der Waals surface area contributed by atoms with Crippen molar-refractivity contribution in [3.05, 3.63) is 0 Å². The van der Waals surface area contributed by atoms with Gasteiger partial charge in [-0.15, -0.1) is 0 Å². The van der Waals surface area contributed by atoms with E-state index in [1.165, 1.54) is 7.05 Å². The summed E-state index contributed by atoms with van der Waals surface area (Å²) in [7, 11) is 1.50. The summed E-state index contributed by atoms with van der Waals surface area (Å²) in [6.07, 6.45) is 2.77. The molecule has 0 aliphatic rings. The van der Waals surface area contributed by atoms with E-state index in [4.69, 9.17) is 0 Å². The number of hydrogen-bond donors (Lipinski definition) is 2. The highest BCUT2D eigenvalue weighted by molar-refractivity contribution is 5.83. The van der Waals surface area contributed by atoms with Crippen LogP contribution in [0.2, 0.25) is 0 Å². The minimum absolute atomic E-state index is 0.238. The Hall–Kier alpha value is -1.39. The number of carbonyl (C=O) groups excluding carboxylic acids is 3. The average Bonchev–Trinajstić information content (AvgIpc) is 2.16. The van der Waals surface area contributed by atoms with Crippen LogP contribution < -0.4 is 10.6 Å². The van der Waals surface area contributed by atoms with Crippen LogP contribution in [0.1, 0.15) is 19.3 Å². The number of amides is 2. The number of carbonyl (C=O) groups is 3. The largest absolute Gasteiger partial charge is 0.357 e. The predicted molar refractivity (Wildman–Crippen MR) is 47.0 cm³/mol. The molecule has 0 saturated heterocycles. The van der Waals surface area contributed by atoms with Crippen LogP contribution in [0.25, 0.3) is 0 Å². The van der Waals surface area contributed by atoms with Crippen LogP contribution >= 0.6 is 0 Å². The zero-order valence-electron chi connectivity index (χ0n) is 7.58. The summed E-state index contributed by atoms with van der Waals surface area (Å²) >= 11 is 0. The Morgan fingerprint density at radius 2 is 2.15 bits per heavy atom. The molecule has 0 radical (unpaired) electrons. The van der Waals surface area contributed by atoms with Gasteiger partial charge in [0.05, 0.1) is 0 Å². The molecule has 1 unspecified atom stereocenters. The van der Waals surface area contributed by atoms with E-state index in [1.807, 2.05) is 0 Å². The lowest BCUT2D eigenvalue weighted by Crippen LogP contribution is -2.42. The van der Waals surface area contributed by atoms with Crippen molar-refractivity contribution in [1.29, 1.82) is 0 Å². The number of hydrogen-bond acceptors (Lipinski definition) is 3. The summed E-state index contributed by atoms with van der Waals surface area (Å²) in [5.41, 5.74) is 0. The van der Waals surface area contributed by atoms with E-state index in [2.05, 4.69) is 10.6 Å². The molecule has 0 aliphatic carbocycles. The van der Waals surface area contributed by atoms with Gasteiger partial charge in [-0.2, -0.15) is 0 Å². The van der Waals surface area contributed by atoms with E-state index in [0.717, 1.165) is 6.29 Å². The third-order valence-corrected chi connectivity index (χ3v) is 1.65. The summed E-state index contributed by atoms with van der Waals surface area (Å²) in [5, 5.41) is 4.81. The van der Waals surface area contributed by atoms with Crippen molar-refractivity contribution < 1.29 is 14.4 Å². The lowest BCUT2D eigenvalue weighted by molar-refractivity contribution is -0.125. The van der Waals surface area contributed by atoms with E-state index in [0.29, 0.717) is 25.7 Å². The third-order valence-electron chi connectivity index (χ3n) is 1.65. The van der Waals surface area contributed by atoms with Gasteiger partial charge >= 0.3 is 0 Å². The summed E-state index contributed by atoms with van der Waals surface area (Å²) in [4.78, 5) is 31.2. The first kappa shape index (κ1) is 11.6. The van der Waals surface area contributed by atoms with Gasteiger partial charge in [0, 0.05) is 13.5 Å². The fourth-order valence-corrected chi connectivity index (χ4v) is 0.952. The second-order valence-corrected chi connectivity index (χ2v) is 2.55. The first-order valence-corrected chi connectivity index (χ1v) is 4.11. The Morgan fingerprint density at radius 3 is 2.62 bits per heavy atom. The number of aldehydes is 1. The monoisotopic (exact) mass is 186 g/mol. The first-order chi connectivity index (χ1) is 6.26. The minimum atomic E-state index is -0.526. The van der Waals surface area contributed by atoms with Crippen molar-refractivity contribution in [1.82, 2.24) is 10.6 Å². The maximum Gasteiger partial charge on any atom is 0.242 e. The van der Waals surface area contributed by atoms with Crippen molar-refractivity contribution in [3.63, 3.8) is 0 Å². The van der Waals surface area contributed by atoms with Crippen molar-refractivity contribution >= 4 is 18.6 Å². The molecule has 0 fully saturated rings. The molecular weight excluding hydrogens is 172 g/mol. The Bertz CT molecular complexity index is 182.